The van der Waals surface area contributed by atoms with Gasteiger partial charge in [0.25, 0.3) is 9.88 Å². The fraction of sp³-hybridized carbons (Fsp3) is 0.239. The molecule has 1 aliphatic heterocycles. The second kappa shape index (κ2) is 17.2. The number of aliphatic carboxylic acids is 2. The smallest absolute Gasteiger partial charge is 0.311 e. The highest BCUT2D eigenvalue weighted by Gasteiger charge is 2.48. The van der Waals surface area contributed by atoms with Crippen molar-refractivity contribution in [2.75, 3.05) is 4.90 Å². The van der Waals surface area contributed by atoms with Crippen LogP contribution >= 0.6 is 23.1 Å². The minimum atomic E-state index is -2.56. The molecule has 2 heterocycles. The molecule has 4 N–H and O–H groups in total. The fourth-order valence-electron chi connectivity index (χ4n) is 8.03. The molecule has 0 saturated carbocycles. The molecule has 310 valence electrons. The first-order valence-electron chi connectivity index (χ1n) is 19.1. The van der Waals surface area contributed by atoms with E-state index < -0.39 is 56.7 Å². The number of fused-ring (bicyclic) bond motifs is 2. The zero-order valence-corrected chi connectivity index (χ0v) is 36.7. The lowest BCUT2D eigenvalue weighted by Crippen LogP contribution is -2.58. The van der Waals surface area contributed by atoms with Crippen LogP contribution in [-0.4, -0.2) is 44.5 Å². The van der Waals surface area contributed by atoms with E-state index in [9.17, 15) is 37.3 Å². The van der Waals surface area contributed by atoms with Crippen LogP contribution in [0.25, 0.3) is 38.5 Å². The normalized spacial score (nSPS) is 19.5. The summed E-state index contributed by atoms with van der Waals surface area (Å²) in [6, 6.07) is 31.2. The van der Waals surface area contributed by atoms with Gasteiger partial charge in [0.15, 0.2) is 16.0 Å². The molecular formula is C46H45N2O8S4+. The highest BCUT2D eigenvalue weighted by Crippen LogP contribution is 2.52. The van der Waals surface area contributed by atoms with E-state index in [1.165, 1.54) is 36.9 Å². The number of allylic oxidation sites excluding steroid dienone is 6. The number of aromatic nitrogens is 1. The Morgan fingerprint density at radius 3 is 2.03 bits per heavy atom. The molecule has 0 fully saturated rings. The minimum Gasteiger partial charge on any atom is -0.481 e. The van der Waals surface area contributed by atoms with Gasteiger partial charge >= 0.3 is 11.9 Å². The molecule has 60 heavy (non-hydrogen) atoms. The summed E-state index contributed by atoms with van der Waals surface area (Å²) < 4.78 is 50.1. The Morgan fingerprint density at radius 2 is 1.43 bits per heavy atom. The lowest BCUT2D eigenvalue weighted by Gasteiger charge is -2.37. The van der Waals surface area contributed by atoms with Gasteiger partial charge in [-0.25, -0.2) is 8.42 Å². The van der Waals surface area contributed by atoms with Crippen molar-refractivity contribution in [3.05, 3.63) is 143 Å². The Kier molecular flexibility index (Phi) is 12.4. The average molecular weight is 882 g/mol. The number of thioether (sulfide) groups is 1. The molecule has 14 heteroatoms. The molecule has 1 aliphatic carbocycles. The first-order chi connectivity index (χ1) is 28.5. The second-order valence-corrected chi connectivity index (χ2v) is 21.0. The third kappa shape index (κ3) is 8.90. The van der Waals surface area contributed by atoms with E-state index in [4.69, 9.17) is 0 Å². The zero-order valence-electron chi connectivity index (χ0n) is 33.4. The van der Waals surface area contributed by atoms with Gasteiger partial charge in [0.2, 0.25) is 16.6 Å². The van der Waals surface area contributed by atoms with Crippen molar-refractivity contribution in [3.8, 4) is 22.3 Å². The molecule has 0 saturated heterocycles. The first kappa shape index (κ1) is 43.1. The van der Waals surface area contributed by atoms with E-state index in [0.717, 1.165) is 49.4 Å². The summed E-state index contributed by atoms with van der Waals surface area (Å²) in [6.07, 6.45) is 9.99. The van der Waals surface area contributed by atoms with Crippen LogP contribution < -0.4 is 9.47 Å². The summed E-state index contributed by atoms with van der Waals surface area (Å²) in [5.74, 6) is -2.40. The van der Waals surface area contributed by atoms with Crippen molar-refractivity contribution in [3.63, 3.8) is 0 Å². The van der Waals surface area contributed by atoms with E-state index in [0.29, 0.717) is 27.7 Å². The Hall–Kier alpha value is -4.96. The van der Waals surface area contributed by atoms with Gasteiger partial charge in [-0.15, -0.1) is 0 Å². The Morgan fingerprint density at radius 1 is 0.817 bits per heavy atom. The topological polar surface area (TPSA) is 156 Å². The van der Waals surface area contributed by atoms with E-state index in [1.807, 2.05) is 121 Å². The lowest BCUT2D eigenvalue weighted by molar-refractivity contribution is -0.709. The van der Waals surface area contributed by atoms with Crippen LogP contribution in [0, 0.1) is 5.41 Å². The number of thiazole rings is 1. The summed E-state index contributed by atoms with van der Waals surface area (Å²) in [4.78, 5) is 23.5. The van der Waals surface area contributed by atoms with Crippen molar-refractivity contribution in [1.29, 1.82) is 0 Å². The van der Waals surface area contributed by atoms with E-state index in [-0.39, 0.29) is 5.41 Å². The second-order valence-electron chi connectivity index (χ2n) is 16.1. The molecule has 0 amide bonds. The van der Waals surface area contributed by atoms with Gasteiger partial charge in [-0.2, -0.15) is 4.57 Å². The van der Waals surface area contributed by atoms with E-state index in [1.54, 1.807) is 9.47 Å². The summed E-state index contributed by atoms with van der Waals surface area (Å²) in [5.41, 5.74) is 6.74. The SMILES string of the molecule is CC1(C)CC(/C=C/C=C2\Sc3ccc(-c4ccccc4)cc3N2C(C)(CC(=O)O)S(=O)O)=CC(=C/c2sc3ccc(-c4ccccc4)cc3[n+]2C(C)(CC(=O)O)S(=O)O)/C1. The molecule has 10 nitrogen and oxygen atoms in total. The van der Waals surface area contributed by atoms with E-state index in [2.05, 4.69) is 19.9 Å². The number of hydrogen-bond donors (Lipinski definition) is 4. The van der Waals surface area contributed by atoms with Crippen molar-refractivity contribution in [2.24, 2.45) is 5.41 Å². The van der Waals surface area contributed by atoms with Gasteiger partial charge in [-0.3, -0.25) is 9.59 Å². The Labute approximate surface area is 362 Å². The van der Waals surface area contributed by atoms with Crippen LogP contribution in [0.2, 0.25) is 0 Å². The zero-order chi connectivity index (χ0) is 43.0. The fourth-order valence-corrected chi connectivity index (χ4v) is 11.7. The van der Waals surface area contributed by atoms with Crippen LogP contribution in [0.3, 0.4) is 0 Å². The molecule has 2 aliphatic rings. The van der Waals surface area contributed by atoms with Crippen molar-refractivity contribution < 1.29 is 41.9 Å². The number of hydrogen-bond acceptors (Lipinski definition) is 7. The van der Waals surface area contributed by atoms with Crippen molar-refractivity contribution >= 4 is 79.2 Å². The van der Waals surface area contributed by atoms with Gasteiger partial charge in [0.05, 0.1) is 17.1 Å². The summed E-state index contributed by atoms with van der Waals surface area (Å²) in [7, 11) is 0. The summed E-state index contributed by atoms with van der Waals surface area (Å²) in [6.45, 7) is 7.30. The largest absolute Gasteiger partial charge is 0.481 e. The Bertz CT molecular complexity index is 2670. The highest BCUT2D eigenvalue weighted by molar-refractivity contribution is 8.03. The molecule has 0 radical (unpaired) electrons. The molecule has 1 aromatic heterocycles. The molecule has 4 aromatic carbocycles. The number of carboxylic acid groups (broad SMARTS) is 2. The number of anilines is 1. The average Bonchev–Trinajstić information content (AvgIpc) is 3.74. The van der Waals surface area contributed by atoms with Gasteiger partial charge < -0.3 is 24.2 Å². The number of rotatable bonds is 13. The van der Waals surface area contributed by atoms with Crippen LogP contribution in [0.1, 0.15) is 58.4 Å². The van der Waals surface area contributed by atoms with Gasteiger partial charge in [0.1, 0.15) is 11.1 Å². The molecule has 0 bridgehead atoms. The van der Waals surface area contributed by atoms with Crippen molar-refractivity contribution in [1.82, 2.24) is 0 Å². The van der Waals surface area contributed by atoms with Crippen LogP contribution in [0.15, 0.2) is 142 Å². The maximum atomic E-state index is 13.1. The van der Waals surface area contributed by atoms with E-state index >= 15 is 0 Å². The number of benzene rings is 4. The Balaban J connectivity index is 1.30. The van der Waals surface area contributed by atoms with Gasteiger partial charge in [-0.1, -0.05) is 128 Å². The van der Waals surface area contributed by atoms with Crippen LogP contribution in [0.5, 0.6) is 0 Å². The third-order valence-corrected chi connectivity index (χ3v) is 15.1. The van der Waals surface area contributed by atoms with Crippen LogP contribution in [0.4, 0.5) is 5.69 Å². The number of carbonyl (C=O) groups is 2. The van der Waals surface area contributed by atoms with Crippen LogP contribution in [-0.2, 0) is 36.6 Å². The highest BCUT2D eigenvalue weighted by atomic mass is 32.2. The number of carboxylic acids is 2. The molecule has 7 rings (SSSR count). The monoisotopic (exact) mass is 881 g/mol. The van der Waals surface area contributed by atoms with Gasteiger partial charge in [0, 0.05) is 24.0 Å². The predicted molar refractivity (Wildman–Crippen MR) is 242 cm³/mol. The third-order valence-electron chi connectivity index (χ3n) is 10.7. The summed E-state index contributed by atoms with van der Waals surface area (Å²) in [5, 5.41) is 21.1. The molecule has 0 spiro atoms. The maximum absolute atomic E-state index is 13.1. The molecular weight excluding hydrogens is 837 g/mol. The quantitative estimate of drug-likeness (QED) is 0.0663. The van der Waals surface area contributed by atoms with Crippen molar-refractivity contribution in [2.45, 2.75) is 68.0 Å². The minimum absolute atomic E-state index is 0.189. The lowest BCUT2D eigenvalue weighted by atomic mass is 9.75. The van der Waals surface area contributed by atoms with Gasteiger partial charge in [-0.05, 0) is 82.9 Å². The summed E-state index contributed by atoms with van der Waals surface area (Å²) >= 11 is -2.29. The molecule has 4 atom stereocenters. The first-order valence-corrected chi connectivity index (χ1v) is 23.0. The predicted octanol–water partition coefficient (Wildman–Crippen LogP) is 10.4. The molecule has 5 aromatic rings. The standard InChI is InChI=1S/C46H44N2O8S4/c1-44(2)26-30(12-11-17-40-47(45(3,59(53)54)28-42(49)50)36-24-34(18-20-38(36)57-40)32-13-7-5-8-14-32)22-31(27-44)23-41-48(46(4,60(55)56)29-43(51)52)37-25-35(19-21-39(37)58-41)33-15-9-6-10-16-33/h5-25H,26-29H2,1-4H3,(H3-,49,50,51,52,53,54,55,56)/p+1. The molecule has 4 unspecified atom stereocenters. The maximum Gasteiger partial charge on any atom is 0.311 e. The number of nitrogens with zero attached hydrogens (tertiary/aromatic N) is 2.